The number of alkyl carbamates (subject to hydrolysis) is 1. The quantitative estimate of drug-likeness (QED) is 0.296. The molecule has 3 aromatic carbocycles. The Bertz CT molecular complexity index is 1280. The zero-order chi connectivity index (χ0) is 28.0. The predicted molar refractivity (Wildman–Crippen MR) is 151 cm³/mol. The fourth-order valence-electron chi connectivity index (χ4n) is 4.96. The van der Waals surface area contributed by atoms with E-state index >= 15 is 0 Å². The van der Waals surface area contributed by atoms with Gasteiger partial charge in [-0.3, -0.25) is 4.79 Å². The van der Waals surface area contributed by atoms with Crippen molar-refractivity contribution in [2.45, 2.75) is 65.5 Å². The third kappa shape index (κ3) is 7.56. The number of benzene rings is 3. The van der Waals surface area contributed by atoms with Crippen molar-refractivity contribution in [1.82, 2.24) is 5.32 Å². The van der Waals surface area contributed by atoms with Gasteiger partial charge in [0.25, 0.3) is 0 Å². The molecule has 0 heterocycles. The average molecular weight is 528 g/mol. The van der Waals surface area contributed by atoms with Gasteiger partial charge in [-0.05, 0) is 46.6 Å². The van der Waals surface area contributed by atoms with E-state index in [4.69, 9.17) is 9.47 Å². The van der Waals surface area contributed by atoms with E-state index < -0.39 is 18.1 Å². The first-order valence-electron chi connectivity index (χ1n) is 13.5. The first-order valence-corrected chi connectivity index (χ1v) is 13.5. The van der Waals surface area contributed by atoms with Gasteiger partial charge in [-0.15, -0.1) is 0 Å². The van der Waals surface area contributed by atoms with E-state index in [2.05, 4.69) is 17.4 Å². The molecule has 0 saturated heterocycles. The SMILES string of the molecule is Cc1ccc(COC(=O)C(CCC(=O)CC(C)(C)C)NC(=O)OCC2c3ccccc3-c3ccccc32)cc1. The zero-order valence-electron chi connectivity index (χ0n) is 23.2. The summed E-state index contributed by atoms with van der Waals surface area (Å²) in [5, 5.41) is 2.66. The molecule has 1 unspecified atom stereocenters. The Hall–Kier alpha value is -3.93. The van der Waals surface area contributed by atoms with Crippen LogP contribution in [-0.2, 0) is 25.7 Å². The van der Waals surface area contributed by atoms with Crippen molar-refractivity contribution in [3.63, 3.8) is 0 Å². The minimum Gasteiger partial charge on any atom is -0.459 e. The van der Waals surface area contributed by atoms with Crippen molar-refractivity contribution in [2.24, 2.45) is 5.41 Å². The molecule has 1 atom stereocenters. The molecular formula is C33H37NO5. The Morgan fingerprint density at radius 1 is 0.846 bits per heavy atom. The van der Waals surface area contributed by atoms with Crippen molar-refractivity contribution >= 4 is 17.8 Å². The van der Waals surface area contributed by atoms with Crippen molar-refractivity contribution in [3.8, 4) is 11.1 Å². The number of fused-ring (bicyclic) bond motifs is 3. The number of hydrogen-bond donors (Lipinski definition) is 1. The number of Topliss-reactive ketones (excluding diaryl/α,β-unsaturated/α-hetero) is 1. The summed E-state index contributed by atoms with van der Waals surface area (Å²) in [6, 6.07) is 22.9. The highest BCUT2D eigenvalue weighted by Crippen LogP contribution is 2.44. The summed E-state index contributed by atoms with van der Waals surface area (Å²) in [5.74, 6) is -0.649. The molecule has 3 aromatic rings. The maximum atomic E-state index is 13.0. The highest BCUT2D eigenvalue weighted by molar-refractivity contribution is 5.84. The van der Waals surface area contributed by atoms with Gasteiger partial charge in [0.1, 0.15) is 25.0 Å². The molecule has 0 fully saturated rings. The van der Waals surface area contributed by atoms with Crippen LogP contribution in [0, 0.1) is 12.3 Å². The Kier molecular flexibility index (Phi) is 8.85. The molecule has 0 spiro atoms. The molecule has 6 heteroatoms. The van der Waals surface area contributed by atoms with Crippen LogP contribution in [0.5, 0.6) is 0 Å². The van der Waals surface area contributed by atoms with Crippen LogP contribution in [0.2, 0.25) is 0 Å². The maximum Gasteiger partial charge on any atom is 0.407 e. The van der Waals surface area contributed by atoms with Crippen LogP contribution in [0.4, 0.5) is 4.79 Å². The molecule has 1 aliphatic carbocycles. The summed E-state index contributed by atoms with van der Waals surface area (Å²) < 4.78 is 11.2. The summed E-state index contributed by atoms with van der Waals surface area (Å²) in [7, 11) is 0. The molecule has 204 valence electrons. The Labute approximate surface area is 230 Å². The highest BCUT2D eigenvalue weighted by Gasteiger charge is 2.30. The average Bonchev–Trinajstić information content (AvgIpc) is 3.22. The summed E-state index contributed by atoms with van der Waals surface area (Å²) in [5.41, 5.74) is 6.28. The van der Waals surface area contributed by atoms with Gasteiger partial charge in [0, 0.05) is 18.8 Å². The summed E-state index contributed by atoms with van der Waals surface area (Å²) in [6.45, 7) is 8.18. The lowest BCUT2D eigenvalue weighted by molar-refractivity contribution is -0.147. The second-order valence-corrected chi connectivity index (χ2v) is 11.4. The lowest BCUT2D eigenvalue weighted by Gasteiger charge is -2.20. The van der Waals surface area contributed by atoms with Crippen molar-refractivity contribution < 1.29 is 23.9 Å². The minimum atomic E-state index is -0.991. The highest BCUT2D eigenvalue weighted by atomic mass is 16.6. The number of carbonyl (C=O) groups excluding carboxylic acids is 3. The van der Waals surface area contributed by atoms with Crippen LogP contribution >= 0.6 is 0 Å². The third-order valence-corrected chi connectivity index (χ3v) is 6.86. The molecule has 0 aliphatic heterocycles. The van der Waals surface area contributed by atoms with Gasteiger partial charge in [-0.2, -0.15) is 0 Å². The van der Waals surface area contributed by atoms with Crippen LogP contribution in [0.1, 0.15) is 68.2 Å². The number of aryl methyl sites for hydroxylation is 1. The van der Waals surface area contributed by atoms with Crippen molar-refractivity contribution in [3.05, 3.63) is 95.1 Å². The first-order chi connectivity index (χ1) is 18.6. The fraction of sp³-hybridized carbons (Fsp3) is 0.364. The summed E-state index contributed by atoms with van der Waals surface area (Å²) in [4.78, 5) is 38.4. The maximum absolute atomic E-state index is 13.0. The number of esters is 1. The smallest absolute Gasteiger partial charge is 0.407 e. The molecule has 6 nitrogen and oxygen atoms in total. The Morgan fingerprint density at radius 3 is 2.03 bits per heavy atom. The normalized spacial score (nSPS) is 13.2. The summed E-state index contributed by atoms with van der Waals surface area (Å²) >= 11 is 0. The van der Waals surface area contributed by atoms with Crippen LogP contribution in [0.25, 0.3) is 11.1 Å². The number of ketones is 1. The number of ether oxygens (including phenoxy) is 2. The van der Waals surface area contributed by atoms with E-state index in [-0.39, 0.29) is 43.2 Å². The van der Waals surface area contributed by atoms with E-state index in [1.165, 1.54) is 0 Å². The number of amides is 1. The van der Waals surface area contributed by atoms with Gasteiger partial charge in [0.15, 0.2) is 0 Å². The molecule has 0 saturated carbocycles. The van der Waals surface area contributed by atoms with Crippen molar-refractivity contribution in [2.75, 3.05) is 6.61 Å². The van der Waals surface area contributed by atoms with E-state index in [1.54, 1.807) is 0 Å². The second kappa shape index (κ2) is 12.3. The topological polar surface area (TPSA) is 81.7 Å². The number of hydrogen-bond acceptors (Lipinski definition) is 5. The monoisotopic (exact) mass is 527 g/mol. The number of nitrogens with one attached hydrogen (secondary N) is 1. The molecule has 39 heavy (non-hydrogen) atoms. The molecule has 1 amide bonds. The first kappa shape index (κ1) is 28.1. The molecular weight excluding hydrogens is 490 g/mol. The minimum absolute atomic E-state index is 0.0353. The van der Waals surface area contributed by atoms with E-state index in [0.29, 0.717) is 6.42 Å². The Balaban J connectivity index is 1.40. The summed E-state index contributed by atoms with van der Waals surface area (Å²) in [6.07, 6.45) is -0.0161. The fourth-order valence-corrected chi connectivity index (χ4v) is 4.96. The number of carbonyl (C=O) groups is 3. The molecule has 1 aliphatic rings. The largest absolute Gasteiger partial charge is 0.459 e. The third-order valence-electron chi connectivity index (χ3n) is 6.86. The van der Waals surface area contributed by atoms with E-state index in [9.17, 15) is 14.4 Å². The van der Waals surface area contributed by atoms with Gasteiger partial charge in [0.05, 0.1) is 0 Å². The molecule has 4 rings (SSSR count). The molecule has 0 aromatic heterocycles. The van der Waals surface area contributed by atoms with Crippen LogP contribution in [-0.4, -0.2) is 30.5 Å². The van der Waals surface area contributed by atoms with E-state index in [1.807, 2.05) is 88.4 Å². The van der Waals surface area contributed by atoms with Gasteiger partial charge in [0.2, 0.25) is 0 Å². The van der Waals surface area contributed by atoms with Crippen molar-refractivity contribution in [1.29, 1.82) is 0 Å². The number of rotatable bonds is 10. The Morgan fingerprint density at radius 2 is 1.44 bits per heavy atom. The van der Waals surface area contributed by atoms with Gasteiger partial charge >= 0.3 is 12.1 Å². The van der Waals surface area contributed by atoms with Gasteiger partial charge in [-0.25, -0.2) is 9.59 Å². The lowest BCUT2D eigenvalue weighted by Crippen LogP contribution is -2.42. The lowest BCUT2D eigenvalue weighted by atomic mass is 9.88. The van der Waals surface area contributed by atoms with E-state index in [0.717, 1.165) is 33.4 Å². The zero-order valence-corrected chi connectivity index (χ0v) is 23.2. The van der Waals surface area contributed by atoms with Crippen LogP contribution < -0.4 is 5.32 Å². The molecule has 0 radical (unpaired) electrons. The second-order valence-electron chi connectivity index (χ2n) is 11.4. The standard InChI is InChI=1S/C33H37NO5/c1-22-13-15-23(16-14-22)20-38-31(36)30(18-17-24(35)19-33(2,3)4)34-32(37)39-21-29-27-11-7-5-9-25(27)26-10-6-8-12-28(26)29/h5-16,29-30H,17-21H2,1-4H3,(H,34,37). The van der Waals surface area contributed by atoms with Gasteiger partial charge in [-0.1, -0.05) is 99.1 Å². The van der Waals surface area contributed by atoms with Crippen LogP contribution in [0.15, 0.2) is 72.8 Å². The molecule has 1 N–H and O–H groups in total. The predicted octanol–water partition coefficient (Wildman–Crippen LogP) is 6.73. The van der Waals surface area contributed by atoms with Crippen LogP contribution in [0.3, 0.4) is 0 Å². The van der Waals surface area contributed by atoms with Gasteiger partial charge < -0.3 is 14.8 Å². The molecule has 0 bridgehead atoms.